The van der Waals surface area contributed by atoms with E-state index in [1.807, 2.05) is 22.4 Å². The second-order valence-electron chi connectivity index (χ2n) is 7.23. The first-order valence-electron chi connectivity index (χ1n) is 10.1. The van der Waals surface area contributed by atoms with Gasteiger partial charge in [0.15, 0.2) is 0 Å². The third-order valence-corrected chi connectivity index (χ3v) is 7.32. The quantitative estimate of drug-likeness (QED) is 0.648. The van der Waals surface area contributed by atoms with Crippen LogP contribution in [0.5, 0.6) is 0 Å². The van der Waals surface area contributed by atoms with Gasteiger partial charge >= 0.3 is 0 Å². The second kappa shape index (κ2) is 10.7. The van der Waals surface area contributed by atoms with Crippen molar-refractivity contribution in [2.24, 2.45) is 0 Å². The largest absolute Gasteiger partial charge is 0.352 e. The first kappa shape index (κ1) is 22.5. The Labute approximate surface area is 181 Å². The molecule has 7 nitrogen and oxygen atoms in total. The number of hydrogen-bond acceptors (Lipinski definition) is 5. The molecule has 1 aliphatic heterocycles. The van der Waals surface area contributed by atoms with Gasteiger partial charge in [-0.15, -0.1) is 11.3 Å². The standard InChI is InChI=1S/C21H27N3O4S2/c25-20(24-13-3-1-2-4-14-24)11-12-22-21(26)17-7-9-19(10-8-17)30(27,28)23-16-18-6-5-15-29-18/h5-10,15,23H,1-4,11-14,16H2,(H,22,26). The fraction of sp³-hybridized carbons (Fsp3) is 0.429. The number of hydrogen-bond donors (Lipinski definition) is 2. The van der Waals surface area contributed by atoms with Crippen molar-refractivity contribution in [3.8, 4) is 0 Å². The van der Waals surface area contributed by atoms with Gasteiger partial charge in [0.05, 0.1) is 4.90 Å². The minimum absolute atomic E-state index is 0.0652. The van der Waals surface area contributed by atoms with Crippen LogP contribution in [0, 0.1) is 0 Å². The lowest BCUT2D eigenvalue weighted by Gasteiger charge is -2.20. The monoisotopic (exact) mass is 449 g/mol. The van der Waals surface area contributed by atoms with Gasteiger partial charge in [-0.05, 0) is 48.6 Å². The zero-order valence-corrected chi connectivity index (χ0v) is 18.4. The Morgan fingerprint density at radius 3 is 2.33 bits per heavy atom. The minimum Gasteiger partial charge on any atom is -0.352 e. The smallest absolute Gasteiger partial charge is 0.251 e. The molecule has 1 aromatic carbocycles. The Kier molecular flexibility index (Phi) is 8.01. The molecule has 30 heavy (non-hydrogen) atoms. The average molecular weight is 450 g/mol. The van der Waals surface area contributed by atoms with E-state index < -0.39 is 10.0 Å². The number of likely N-dealkylation sites (tertiary alicyclic amines) is 1. The Hall–Kier alpha value is -2.23. The number of rotatable bonds is 8. The van der Waals surface area contributed by atoms with E-state index in [0.29, 0.717) is 5.56 Å². The molecular formula is C21H27N3O4S2. The van der Waals surface area contributed by atoms with E-state index in [9.17, 15) is 18.0 Å². The predicted molar refractivity (Wildman–Crippen MR) is 117 cm³/mol. The van der Waals surface area contributed by atoms with E-state index in [2.05, 4.69) is 10.0 Å². The number of sulfonamides is 1. The number of benzene rings is 1. The molecule has 3 rings (SSSR count). The number of carbonyl (C=O) groups excluding carboxylic acids is 2. The molecule has 0 bridgehead atoms. The second-order valence-corrected chi connectivity index (χ2v) is 10.0. The van der Waals surface area contributed by atoms with Crippen molar-refractivity contribution in [2.75, 3.05) is 19.6 Å². The summed E-state index contributed by atoms with van der Waals surface area (Å²) in [6.07, 6.45) is 4.67. The van der Waals surface area contributed by atoms with Crippen molar-refractivity contribution in [3.05, 3.63) is 52.2 Å². The number of thiophene rings is 1. The number of nitrogens with zero attached hydrogens (tertiary/aromatic N) is 1. The molecule has 1 aliphatic rings. The highest BCUT2D eigenvalue weighted by Gasteiger charge is 2.17. The van der Waals surface area contributed by atoms with Gasteiger partial charge in [0.2, 0.25) is 15.9 Å². The summed E-state index contributed by atoms with van der Waals surface area (Å²) in [4.78, 5) is 27.5. The molecule has 2 aromatic rings. The Bertz CT molecular complexity index is 933. The molecule has 2 amide bonds. The molecule has 0 aliphatic carbocycles. The molecule has 1 aromatic heterocycles. The topological polar surface area (TPSA) is 95.6 Å². The third kappa shape index (κ3) is 6.38. The third-order valence-electron chi connectivity index (χ3n) is 5.03. The number of amides is 2. The van der Waals surface area contributed by atoms with E-state index in [0.717, 1.165) is 43.6 Å². The number of carbonyl (C=O) groups is 2. The van der Waals surface area contributed by atoms with Crippen LogP contribution in [-0.2, 0) is 21.4 Å². The van der Waals surface area contributed by atoms with Gasteiger partial charge in [-0.1, -0.05) is 18.9 Å². The normalized spacial score (nSPS) is 14.9. The highest BCUT2D eigenvalue weighted by atomic mass is 32.2. The van der Waals surface area contributed by atoms with Crippen LogP contribution in [0.25, 0.3) is 0 Å². The zero-order chi connectivity index (χ0) is 21.4. The summed E-state index contributed by atoms with van der Waals surface area (Å²) in [5.41, 5.74) is 0.356. The lowest BCUT2D eigenvalue weighted by Crippen LogP contribution is -2.35. The maximum atomic E-state index is 12.4. The molecule has 0 atom stereocenters. The molecule has 0 unspecified atom stereocenters. The summed E-state index contributed by atoms with van der Waals surface area (Å²) < 4.78 is 27.3. The van der Waals surface area contributed by atoms with E-state index in [4.69, 9.17) is 0 Å². The molecular weight excluding hydrogens is 422 g/mol. The molecule has 1 fully saturated rings. The van der Waals surface area contributed by atoms with Gasteiger partial charge in [0.1, 0.15) is 0 Å². The summed E-state index contributed by atoms with van der Waals surface area (Å²) in [6.45, 7) is 2.08. The lowest BCUT2D eigenvalue weighted by molar-refractivity contribution is -0.131. The molecule has 9 heteroatoms. The zero-order valence-electron chi connectivity index (χ0n) is 16.8. The van der Waals surface area contributed by atoms with Gasteiger partial charge in [0.25, 0.3) is 5.91 Å². The van der Waals surface area contributed by atoms with Crippen LogP contribution in [0.15, 0.2) is 46.7 Å². The van der Waals surface area contributed by atoms with Crippen LogP contribution in [-0.4, -0.2) is 44.8 Å². The van der Waals surface area contributed by atoms with Crippen LogP contribution >= 0.6 is 11.3 Å². The minimum atomic E-state index is -3.65. The fourth-order valence-electron chi connectivity index (χ4n) is 3.31. The predicted octanol–water partition coefficient (Wildman–Crippen LogP) is 2.75. The first-order valence-corrected chi connectivity index (χ1v) is 12.5. The van der Waals surface area contributed by atoms with E-state index in [1.165, 1.54) is 35.6 Å². The van der Waals surface area contributed by atoms with Crippen molar-refractivity contribution in [1.82, 2.24) is 14.9 Å². The van der Waals surface area contributed by atoms with E-state index in [1.54, 1.807) is 0 Å². The van der Waals surface area contributed by atoms with E-state index in [-0.39, 0.29) is 36.2 Å². The summed E-state index contributed by atoms with van der Waals surface area (Å²) in [5.74, 6) is -0.260. The van der Waals surface area contributed by atoms with Gasteiger partial charge in [0, 0.05) is 43.0 Å². The fourth-order valence-corrected chi connectivity index (χ4v) is 5.05. The van der Waals surface area contributed by atoms with Crippen LogP contribution in [0.2, 0.25) is 0 Å². The van der Waals surface area contributed by atoms with Crippen molar-refractivity contribution in [2.45, 2.75) is 43.5 Å². The van der Waals surface area contributed by atoms with Crippen molar-refractivity contribution in [1.29, 1.82) is 0 Å². The van der Waals surface area contributed by atoms with Gasteiger partial charge in [-0.2, -0.15) is 0 Å². The van der Waals surface area contributed by atoms with Crippen LogP contribution in [0.4, 0.5) is 0 Å². The maximum absolute atomic E-state index is 12.4. The molecule has 2 N–H and O–H groups in total. The summed E-state index contributed by atoms with van der Waals surface area (Å²) in [7, 11) is -3.65. The van der Waals surface area contributed by atoms with E-state index >= 15 is 0 Å². The maximum Gasteiger partial charge on any atom is 0.251 e. The SMILES string of the molecule is O=C(NCCC(=O)N1CCCCCC1)c1ccc(S(=O)(=O)NCc2cccs2)cc1. The molecule has 2 heterocycles. The highest BCUT2D eigenvalue weighted by molar-refractivity contribution is 7.89. The first-order chi connectivity index (χ1) is 14.5. The molecule has 1 saturated heterocycles. The van der Waals surface area contributed by atoms with Gasteiger partial charge < -0.3 is 10.2 Å². The van der Waals surface area contributed by atoms with Gasteiger partial charge in [-0.3, -0.25) is 9.59 Å². The van der Waals surface area contributed by atoms with Gasteiger partial charge in [-0.25, -0.2) is 13.1 Å². The highest BCUT2D eigenvalue weighted by Crippen LogP contribution is 2.14. The van der Waals surface area contributed by atoms with Crippen molar-refractivity contribution >= 4 is 33.2 Å². The van der Waals surface area contributed by atoms with Crippen molar-refractivity contribution in [3.63, 3.8) is 0 Å². The molecule has 0 radical (unpaired) electrons. The lowest BCUT2D eigenvalue weighted by atomic mass is 10.2. The molecule has 0 saturated carbocycles. The Morgan fingerprint density at radius 1 is 1.00 bits per heavy atom. The summed E-state index contributed by atoms with van der Waals surface area (Å²) >= 11 is 1.48. The van der Waals surface area contributed by atoms with Crippen LogP contribution in [0.3, 0.4) is 0 Å². The Balaban J connectivity index is 1.47. The molecule has 0 spiro atoms. The number of nitrogens with one attached hydrogen (secondary N) is 2. The average Bonchev–Trinajstić information content (AvgIpc) is 3.12. The Morgan fingerprint density at radius 2 is 1.70 bits per heavy atom. The molecule has 162 valence electrons. The van der Waals surface area contributed by atoms with Crippen LogP contribution in [0.1, 0.15) is 47.3 Å². The summed E-state index contributed by atoms with van der Waals surface area (Å²) in [6, 6.07) is 9.50. The summed E-state index contributed by atoms with van der Waals surface area (Å²) in [5, 5.41) is 4.62. The van der Waals surface area contributed by atoms with Crippen molar-refractivity contribution < 1.29 is 18.0 Å². The van der Waals surface area contributed by atoms with Crippen LogP contribution < -0.4 is 10.0 Å².